The predicted octanol–water partition coefficient (Wildman–Crippen LogP) is 0.513. The van der Waals surface area contributed by atoms with Crippen molar-refractivity contribution in [2.45, 2.75) is 24.8 Å². The van der Waals surface area contributed by atoms with E-state index >= 15 is 0 Å². The molecule has 0 fully saturated rings. The Hall–Kier alpha value is -2.47. The molecule has 0 unspecified atom stereocenters. The minimum Gasteiger partial charge on any atom is -0.370 e. The van der Waals surface area contributed by atoms with Crippen LogP contribution in [-0.2, 0) is 19.7 Å². The van der Waals surface area contributed by atoms with Gasteiger partial charge in [0.15, 0.2) is 11.8 Å². The van der Waals surface area contributed by atoms with Crippen LogP contribution in [0.2, 0.25) is 5.02 Å². The van der Waals surface area contributed by atoms with Gasteiger partial charge in [0.05, 0.1) is 9.92 Å². The van der Waals surface area contributed by atoms with Crippen LogP contribution in [0.5, 0.6) is 0 Å². The number of carbonyl (C=O) groups excluding carboxylic acids is 1. The second kappa shape index (κ2) is 8.05. The summed E-state index contributed by atoms with van der Waals surface area (Å²) in [4.78, 5) is 25.7. The summed E-state index contributed by atoms with van der Waals surface area (Å²) in [6.45, 7) is 3.40. The molecule has 0 aliphatic rings. The highest BCUT2D eigenvalue weighted by Crippen LogP contribution is 2.31. The molecule has 0 aliphatic heterocycles. The lowest BCUT2D eigenvalue weighted by atomic mass is 10.1. The number of nitrogens with two attached hydrogens (primary N) is 3. The van der Waals surface area contributed by atoms with E-state index in [0.717, 1.165) is 0 Å². The van der Waals surface area contributed by atoms with E-state index in [9.17, 15) is 13.2 Å². The molecule has 0 aliphatic carbocycles. The van der Waals surface area contributed by atoms with Gasteiger partial charge >= 0.3 is 5.97 Å². The third-order valence-corrected chi connectivity index (χ3v) is 5.06. The molecule has 0 radical (unpaired) electrons. The number of nitrogens with one attached hydrogen (secondary N) is 1. The van der Waals surface area contributed by atoms with Crippen LogP contribution in [0.3, 0.4) is 0 Å². The van der Waals surface area contributed by atoms with Gasteiger partial charge in [-0.2, -0.15) is 4.99 Å². The molecular weight excluding hydrogens is 396 g/mol. The van der Waals surface area contributed by atoms with E-state index in [4.69, 9.17) is 28.8 Å². The van der Waals surface area contributed by atoms with Crippen LogP contribution in [0.15, 0.2) is 34.3 Å². The van der Waals surface area contributed by atoms with Crippen LogP contribution < -0.4 is 22.1 Å². The third-order valence-electron chi connectivity index (χ3n) is 3.58. The van der Waals surface area contributed by atoms with Crippen LogP contribution in [0, 0.1) is 5.92 Å². The fourth-order valence-electron chi connectivity index (χ4n) is 2.04. The molecule has 0 saturated carbocycles. The Morgan fingerprint density at radius 2 is 1.96 bits per heavy atom. The van der Waals surface area contributed by atoms with Crippen molar-refractivity contribution < 1.29 is 18.0 Å². The summed E-state index contributed by atoms with van der Waals surface area (Å²) < 4.78 is 24.8. The van der Waals surface area contributed by atoms with E-state index in [1.54, 1.807) is 18.7 Å². The molecule has 0 saturated heterocycles. The van der Waals surface area contributed by atoms with Gasteiger partial charge in [-0.05, 0) is 22.9 Å². The molecule has 12 heteroatoms. The molecule has 146 valence electrons. The second-order valence-corrected chi connectivity index (χ2v) is 8.00. The summed E-state index contributed by atoms with van der Waals surface area (Å²) in [6.07, 6.45) is 1.34. The molecular formula is C15H19ClN6O4S. The van der Waals surface area contributed by atoms with E-state index in [-0.39, 0.29) is 27.6 Å². The van der Waals surface area contributed by atoms with E-state index in [2.05, 4.69) is 14.8 Å². The molecule has 1 aromatic heterocycles. The van der Waals surface area contributed by atoms with Gasteiger partial charge < -0.3 is 22.0 Å². The molecule has 7 N–H and O–H groups in total. The maximum Gasteiger partial charge on any atom is 0.342 e. The highest BCUT2D eigenvalue weighted by atomic mass is 35.5. The van der Waals surface area contributed by atoms with Crippen molar-refractivity contribution in [3.8, 4) is 0 Å². The number of carbonyl (C=O) groups is 1. The first-order chi connectivity index (χ1) is 12.5. The first-order valence-corrected chi connectivity index (χ1v) is 9.55. The van der Waals surface area contributed by atoms with Gasteiger partial charge in [0.25, 0.3) is 10.0 Å². The van der Waals surface area contributed by atoms with E-state index in [1.807, 2.05) is 0 Å². The highest BCUT2D eigenvalue weighted by molar-refractivity contribution is 7.89. The summed E-state index contributed by atoms with van der Waals surface area (Å²) in [6, 6.07) is 3.03. The zero-order valence-corrected chi connectivity index (χ0v) is 16.1. The molecule has 27 heavy (non-hydrogen) atoms. The lowest BCUT2D eigenvalue weighted by Crippen LogP contribution is -2.41. The van der Waals surface area contributed by atoms with Crippen molar-refractivity contribution in [1.82, 2.24) is 9.87 Å². The van der Waals surface area contributed by atoms with Crippen LogP contribution >= 0.6 is 11.6 Å². The van der Waals surface area contributed by atoms with E-state index < -0.39 is 22.0 Å². The summed E-state index contributed by atoms with van der Waals surface area (Å²) in [5.74, 6) is -1.29. The number of hydrogen-bond acceptors (Lipinski definition) is 7. The predicted molar refractivity (Wildman–Crippen MR) is 101 cm³/mol. The van der Waals surface area contributed by atoms with Crippen molar-refractivity contribution in [3.63, 3.8) is 0 Å². The number of aromatic nitrogens is 1. The fraction of sp³-hybridized carbons (Fsp3) is 0.267. The summed E-state index contributed by atoms with van der Waals surface area (Å²) in [5, 5.41) is 1.07. The fourth-order valence-corrected chi connectivity index (χ4v) is 3.06. The number of guanidine groups is 1. The van der Waals surface area contributed by atoms with Gasteiger partial charge in [0.2, 0.25) is 0 Å². The lowest BCUT2D eigenvalue weighted by molar-refractivity contribution is -0.149. The average molecular weight is 415 g/mol. The zero-order valence-electron chi connectivity index (χ0n) is 14.5. The first kappa shape index (κ1) is 20.8. The molecule has 1 aromatic carbocycles. The standard InChI is InChI=1S/C15H19ClN6O4S/c1-7(2)12(17)14(23)26-22-27(24,25)8-3-4-9-10(5-8)13(21-15(18)19)20-6-11(9)16/h3-7,12,22H,17H2,1-2H3,(H4,18,19,20,21)/t12-/m1/s1. The number of aliphatic imine (C=N–C) groups is 1. The quantitative estimate of drug-likeness (QED) is 0.300. The number of rotatable bonds is 6. The molecule has 2 aromatic rings. The number of hydrogen-bond donors (Lipinski definition) is 4. The second-order valence-electron chi connectivity index (χ2n) is 5.95. The number of pyridine rings is 1. The highest BCUT2D eigenvalue weighted by Gasteiger charge is 2.23. The van der Waals surface area contributed by atoms with Crippen LogP contribution in [0.25, 0.3) is 10.8 Å². The monoisotopic (exact) mass is 414 g/mol. The Morgan fingerprint density at radius 1 is 1.30 bits per heavy atom. The van der Waals surface area contributed by atoms with Crippen molar-refractivity contribution in [3.05, 3.63) is 29.4 Å². The van der Waals surface area contributed by atoms with Gasteiger partial charge in [-0.15, -0.1) is 0 Å². The van der Waals surface area contributed by atoms with Crippen LogP contribution in [0.1, 0.15) is 13.8 Å². The molecule has 10 nitrogen and oxygen atoms in total. The molecule has 1 atom stereocenters. The largest absolute Gasteiger partial charge is 0.370 e. The Balaban J connectivity index is 2.40. The number of sulfonamides is 1. The van der Waals surface area contributed by atoms with Crippen molar-refractivity contribution >= 4 is 50.1 Å². The number of benzene rings is 1. The van der Waals surface area contributed by atoms with Crippen LogP contribution in [0.4, 0.5) is 5.82 Å². The normalized spacial score (nSPS) is 12.8. The Bertz CT molecular complexity index is 1000. The topological polar surface area (TPSA) is 176 Å². The molecule has 0 amide bonds. The van der Waals surface area contributed by atoms with Crippen LogP contribution in [-0.4, -0.2) is 31.4 Å². The van der Waals surface area contributed by atoms with Crippen molar-refractivity contribution in [2.24, 2.45) is 28.1 Å². The third kappa shape index (κ3) is 4.83. The molecule has 0 spiro atoms. The SMILES string of the molecule is CC(C)[C@@H](N)C(=O)ONS(=O)(=O)c1ccc2c(Cl)cnc(N=C(N)N)c2c1. The van der Waals surface area contributed by atoms with Crippen molar-refractivity contribution in [1.29, 1.82) is 0 Å². The minimum atomic E-state index is -4.19. The van der Waals surface area contributed by atoms with Gasteiger partial charge in [-0.1, -0.05) is 31.5 Å². The summed E-state index contributed by atoms with van der Waals surface area (Å²) in [5.41, 5.74) is 16.3. The van der Waals surface area contributed by atoms with Gasteiger partial charge in [-0.3, -0.25) is 0 Å². The van der Waals surface area contributed by atoms with Gasteiger partial charge in [0, 0.05) is 17.0 Å². The van der Waals surface area contributed by atoms with Gasteiger partial charge in [0.1, 0.15) is 6.04 Å². The smallest absolute Gasteiger partial charge is 0.342 e. The number of nitrogens with zero attached hydrogens (tertiary/aromatic N) is 2. The summed E-state index contributed by atoms with van der Waals surface area (Å²) >= 11 is 6.08. The molecule has 2 rings (SSSR count). The first-order valence-electron chi connectivity index (χ1n) is 7.69. The molecule has 1 heterocycles. The Morgan fingerprint density at radius 3 is 2.56 bits per heavy atom. The Kier molecular flexibility index (Phi) is 6.21. The maximum atomic E-state index is 12.4. The maximum absolute atomic E-state index is 12.4. The average Bonchev–Trinajstić information content (AvgIpc) is 2.60. The van der Waals surface area contributed by atoms with Gasteiger partial charge in [-0.25, -0.2) is 18.2 Å². The Labute approximate surface area is 160 Å². The zero-order chi connectivity index (χ0) is 20.4. The van der Waals surface area contributed by atoms with Crippen molar-refractivity contribution in [2.75, 3.05) is 0 Å². The van der Waals surface area contributed by atoms with E-state index in [0.29, 0.717) is 10.8 Å². The minimum absolute atomic E-state index is 0.0882. The summed E-state index contributed by atoms with van der Waals surface area (Å²) in [7, 11) is -4.19. The number of halogens is 1. The lowest BCUT2D eigenvalue weighted by Gasteiger charge is -2.14. The van der Waals surface area contributed by atoms with E-state index in [1.165, 1.54) is 24.4 Å². The number of fused-ring (bicyclic) bond motifs is 1. The molecule has 0 bridgehead atoms.